The quantitative estimate of drug-likeness (QED) is 0.819. The second-order valence-electron chi connectivity index (χ2n) is 4.48. The molecular weight excluding hydrogens is 212 g/mol. The molecular formula is C11H17F2N3. The summed E-state index contributed by atoms with van der Waals surface area (Å²) in [5, 5.41) is 6.87. The lowest BCUT2D eigenvalue weighted by Crippen LogP contribution is -2.24. The minimum absolute atomic E-state index is 0.0280. The molecule has 0 aliphatic heterocycles. The summed E-state index contributed by atoms with van der Waals surface area (Å²) in [6.45, 7) is 2.00. The Kier molecular flexibility index (Phi) is 2.86. The first-order valence-corrected chi connectivity index (χ1v) is 5.74. The average Bonchev–Trinajstić information content (AvgIpc) is 2.59. The van der Waals surface area contributed by atoms with Gasteiger partial charge in [-0.05, 0) is 19.3 Å². The van der Waals surface area contributed by atoms with Crippen LogP contribution in [0.25, 0.3) is 0 Å². The van der Waals surface area contributed by atoms with Gasteiger partial charge in [-0.25, -0.2) is 8.78 Å². The highest BCUT2D eigenvalue weighted by atomic mass is 19.3. The lowest BCUT2D eigenvalue weighted by atomic mass is 9.83. The molecule has 0 aromatic carbocycles. The maximum Gasteiger partial charge on any atom is 0.248 e. The standard InChI is InChI=1S/C11H17F2N3/c1-2-8-9(15-16-10(8)14)7-3-5-11(12,13)6-4-7/h7H,2-6H2,1H3,(H3,14,15,16). The topological polar surface area (TPSA) is 54.7 Å². The van der Waals surface area contributed by atoms with Gasteiger partial charge in [0.05, 0.1) is 0 Å². The number of halogens is 2. The molecule has 16 heavy (non-hydrogen) atoms. The minimum atomic E-state index is -2.48. The van der Waals surface area contributed by atoms with Crippen LogP contribution >= 0.6 is 0 Å². The highest BCUT2D eigenvalue weighted by Crippen LogP contribution is 2.41. The fraction of sp³-hybridized carbons (Fsp3) is 0.727. The van der Waals surface area contributed by atoms with Crippen molar-refractivity contribution in [3.8, 4) is 0 Å². The molecule has 0 amide bonds. The summed E-state index contributed by atoms with van der Waals surface area (Å²) in [6.07, 6.45) is 1.77. The van der Waals surface area contributed by atoms with Crippen LogP contribution in [0.3, 0.4) is 0 Å². The number of nitrogens with two attached hydrogens (primary N) is 1. The second kappa shape index (κ2) is 4.03. The van der Waals surface area contributed by atoms with E-state index in [1.54, 1.807) is 0 Å². The van der Waals surface area contributed by atoms with Gasteiger partial charge in [0.15, 0.2) is 0 Å². The van der Waals surface area contributed by atoms with Gasteiger partial charge >= 0.3 is 0 Å². The van der Waals surface area contributed by atoms with Gasteiger partial charge < -0.3 is 5.73 Å². The van der Waals surface area contributed by atoms with Crippen LogP contribution in [0, 0.1) is 0 Å². The number of nitrogens with zero attached hydrogens (tertiary/aromatic N) is 1. The number of H-pyrrole nitrogens is 1. The van der Waals surface area contributed by atoms with Crippen molar-refractivity contribution in [1.29, 1.82) is 0 Å². The van der Waals surface area contributed by atoms with E-state index < -0.39 is 5.92 Å². The van der Waals surface area contributed by atoms with Crippen LogP contribution in [0.15, 0.2) is 0 Å². The summed E-state index contributed by atoms with van der Waals surface area (Å²) >= 11 is 0. The zero-order valence-electron chi connectivity index (χ0n) is 9.39. The van der Waals surface area contributed by atoms with Crippen LogP contribution in [-0.4, -0.2) is 16.1 Å². The van der Waals surface area contributed by atoms with Crippen LogP contribution < -0.4 is 5.73 Å². The van der Waals surface area contributed by atoms with Crippen molar-refractivity contribution in [2.45, 2.75) is 50.9 Å². The number of aromatic nitrogens is 2. The Hall–Kier alpha value is -1.13. The van der Waals surface area contributed by atoms with Crippen LogP contribution in [0.5, 0.6) is 0 Å². The number of aromatic amines is 1. The molecule has 1 saturated carbocycles. The fourth-order valence-corrected chi connectivity index (χ4v) is 2.43. The molecule has 1 heterocycles. The molecule has 0 bridgehead atoms. The normalized spacial score (nSPS) is 21.2. The Morgan fingerprint density at radius 1 is 1.44 bits per heavy atom. The Bertz CT molecular complexity index is 363. The van der Waals surface area contributed by atoms with E-state index in [2.05, 4.69) is 10.2 Å². The zero-order chi connectivity index (χ0) is 11.8. The molecule has 1 aliphatic carbocycles. The first-order chi connectivity index (χ1) is 7.53. The number of hydrogen-bond acceptors (Lipinski definition) is 2. The van der Waals surface area contributed by atoms with Crippen molar-refractivity contribution in [3.63, 3.8) is 0 Å². The van der Waals surface area contributed by atoms with E-state index in [-0.39, 0.29) is 18.8 Å². The second-order valence-corrected chi connectivity index (χ2v) is 4.48. The number of nitrogens with one attached hydrogen (secondary N) is 1. The Morgan fingerprint density at radius 3 is 2.62 bits per heavy atom. The van der Waals surface area contributed by atoms with E-state index >= 15 is 0 Å². The molecule has 1 aromatic heterocycles. The van der Waals surface area contributed by atoms with Crippen molar-refractivity contribution in [1.82, 2.24) is 10.2 Å². The van der Waals surface area contributed by atoms with Crippen LogP contribution in [0.2, 0.25) is 0 Å². The van der Waals surface area contributed by atoms with Gasteiger partial charge in [0, 0.05) is 30.0 Å². The van der Waals surface area contributed by atoms with Crippen molar-refractivity contribution in [2.24, 2.45) is 0 Å². The maximum atomic E-state index is 13.0. The molecule has 1 aromatic rings. The summed E-state index contributed by atoms with van der Waals surface area (Å²) in [6, 6.07) is 0. The molecule has 0 atom stereocenters. The lowest BCUT2D eigenvalue weighted by Gasteiger charge is -2.28. The Labute approximate surface area is 93.4 Å². The molecule has 1 fully saturated rings. The maximum absolute atomic E-state index is 13.0. The third kappa shape index (κ3) is 2.03. The van der Waals surface area contributed by atoms with Crippen molar-refractivity contribution >= 4 is 5.82 Å². The molecule has 0 saturated heterocycles. The zero-order valence-corrected chi connectivity index (χ0v) is 9.39. The fourth-order valence-electron chi connectivity index (χ4n) is 2.43. The van der Waals surface area contributed by atoms with Gasteiger partial charge in [-0.1, -0.05) is 6.92 Å². The molecule has 3 N–H and O–H groups in total. The van der Waals surface area contributed by atoms with E-state index in [1.807, 2.05) is 6.92 Å². The van der Waals surface area contributed by atoms with Crippen molar-refractivity contribution < 1.29 is 8.78 Å². The molecule has 1 aliphatic rings. The lowest BCUT2D eigenvalue weighted by molar-refractivity contribution is -0.0385. The highest BCUT2D eigenvalue weighted by molar-refractivity contribution is 5.43. The predicted molar refractivity (Wildman–Crippen MR) is 58.5 cm³/mol. The molecule has 0 radical (unpaired) electrons. The van der Waals surface area contributed by atoms with Gasteiger partial charge in [0.2, 0.25) is 5.92 Å². The highest BCUT2D eigenvalue weighted by Gasteiger charge is 2.36. The first-order valence-electron chi connectivity index (χ1n) is 5.74. The monoisotopic (exact) mass is 229 g/mol. The number of hydrogen-bond donors (Lipinski definition) is 2. The molecule has 0 unspecified atom stereocenters. The summed E-state index contributed by atoms with van der Waals surface area (Å²) in [7, 11) is 0. The smallest absolute Gasteiger partial charge is 0.248 e. The third-order valence-corrected chi connectivity index (χ3v) is 3.41. The van der Waals surface area contributed by atoms with E-state index in [0.29, 0.717) is 18.7 Å². The van der Waals surface area contributed by atoms with Crippen molar-refractivity contribution in [3.05, 3.63) is 11.3 Å². The molecule has 2 rings (SSSR count). The van der Waals surface area contributed by atoms with E-state index in [4.69, 9.17) is 5.73 Å². The Morgan fingerprint density at radius 2 is 2.06 bits per heavy atom. The summed E-state index contributed by atoms with van der Waals surface area (Å²) < 4.78 is 26.1. The minimum Gasteiger partial charge on any atom is -0.382 e. The largest absolute Gasteiger partial charge is 0.382 e. The number of anilines is 1. The van der Waals surface area contributed by atoms with Gasteiger partial charge in [-0.2, -0.15) is 5.10 Å². The number of alkyl halides is 2. The van der Waals surface area contributed by atoms with Gasteiger partial charge in [-0.15, -0.1) is 0 Å². The SMILES string of the molecule is CCc1c(N)n[nH]c1C1CCC(F)(F)CC1. The number of nitrogen functional groups attached to an aromatic ring is 1. The molecule has 3 nitrogen and oxygen atoms in total. The van der Waals surface area contributed by atoms with Gasteiger partial charge in [0.25, 0.3) is 0 Å². The van der Waals surface area contributed by atoms with Gasteiger partial charge in [0.1, 0.15) is 5.82 Å². The number of rotatable bonds is 2. The summed E-state index contributed by atoms with van der Waals surface area (Å²) in [4.78, 5) is 0. The van der Waals surface area contributed by atoms with Crippen molar-refractivity contribution in [2.75, 3.05) is 5.73 Å². The molecule has 90 valence electrons. The predicted octanol–water partition coefficient (Wildman–Crippen LogP) is 2.85. The van der Waals surface area contributed by atoms with Crippen LogP contribution in [0.4, 0.5) is 14.6 Å². The van der Waals surface area contributed by atoms with E-state index in [0.717, 1.165) is 17.7 Å². The van der Waals surface area contributed by atoms with E-state index in [1.165, 1.54) is 0 Å². The Balaban J connectivity index is 2.14. The average molecular weight is 229 g/mol. The van der Waals surface area contributed by atoms with Gasteiger partial charge in [-0.3, -0.25) is 5.10 Å². The van der Waals surface area contributed by atoms with Crippen LogP contribution in [0.1, 0.15) is 49.8 Å². The molecule has 0 spiro atoms. The summed E-state index contributed by atoms with van der Waals surface area (Å²) in [5.74, 6) is -1.80. The van der Waals surface area contributed by atoms with Crippen LogP contribution in [-0.2, 0) is 6.42 Å². The molecule has 5 heteroatoms. The summed E-state index contributed by atoms with van der Waals surface area (Å²) in [5.41, 5.74) is 7.68. The first kappa shape index (κ1) is 11.4. The third-order valence-electron chi connectivity index (χ3n) is 3.41. The van der Waals surface area contributed by atoms with E-state index in [9.17, 15) is 8.78 Å².